The summed E-state index contributed by atoms with van der Waals surface area (Å²) >= 11 is 16.3. The number of hydrazone groups is 1. The standard InChI is InChI=1S/C17H14BrCl2N7OS/c18-11-3-1-10(2-4-11)8-22-24-16-25-26-17(27(16)21)29-9-15(28)23-14-6-12(19)5-13(20)7-14/h1-8H,9,21H2,(H,23,28)(H,24,25)/b22-8+. The van der Waals surface area contributed by atoms with Crippen molar-refractivity contribution in [3.8, 4) is 0 Å². The summed E-state index contributed by atoms with van der Waals surface area (Å²) in [6, 6.07) is 12.4. The van der Waals surface area contributed by atoms with Crippen LogP contribution in [0.15, 0.2) is 57.2 Å². The molecule has 0 saturated carbocycles. The Hall–Kier alpha value is -2.27. The van der Waals surface area contributed by atoms with E-state index in [0.29, 0.717) is 20.9 Å². The van der Waals surface area contributed by atoms with E-state index in [1.165, 1.54) is 4.68 Å². The number of nitrogens with zero attached hydrogens (tertiary/aromatic N) is 4. The van der Waals surface area contributed by atoms with Crippen LogP contribution < -0.4 is 16.6 Å². The Bertz CT molecular complexity index is 1020. The molecule has 0 unspecified atom stereocenters. The van der Waals surface area contributed by atoms with E-state index < -0.39 is 0 Å². The predicted molar refractivity (Wildman–Crippen MR) is 121 cm³/mol. The number of nitrogens with one attached hydrogen (secondary N) is 2. The van der Waals surface area contributed by atoms with Gasteiger partial charge in [0, 0.05) is 20.2 Å². The van der Waals surface area contributed by atoms with E-state index in [1.54, 1.807) is 24.4 Å². The van der Waals surface area contributed by atoms with Crippen molar-refractivity contribution >= 4 is 74.7 Å². The molecule has 150 valence electrons. The van der Waals surface area contributed by atoms with E-state index >= 15 is 0 Å². The Morgan fingerprint density at radius 2 is 1.90 bits per heavy atom. The van der Waals surface area contributed by atoms with Crippen LogP contribution in [-0.4, -0.2) is 32.7 Å². The number of amides is 1. The van der Waals surface area contributed by atoms with Gasteiger partial charge in [0.05, 0.1) is 12.0 Å². The summed E-state index contributed by atoms with van der Waals surface area (Å²) in [5, 5.41) is 15.9. The van der Waals surface area contributed by atoms with Crippen molar-refractivity contribution in [3.63, 3.8) is 0 Å². The largest absolute Gasteiger partial charge is 0.334 e. The van der Waals surface area contributed by atoms with Gasteiger partial charge < -0.3 is 11.2 Å². The predicted octanol–water partition coefficient (Wildman–Crippen LogP) is 4.24. The first-order chi connectivity index (χ1) is 13.9. The Balaban J connectivity index is 1.53. The van der Waals surface area contributed by atoms with Gasteiger partial charge in [-0.2, -0.15) is 5.10 Å². The van der Waals surface area contributed by atoms with Crippen molar-refractivity contribution < 1.29 is 4.79 Å². The number of anilines is 2. The highest BCUT2D eigenvalue weighted by Gasteiger charge is 2.12. The first-order valence-electron chi connectivity index (χ1n) is 8.04. The first kappa shape index (κ1) is 21.4. The molecule has 1 amide bonds. The number of hydrogen-bond acceptors (Lipinski definition) is 7. The number of carbonyl (C=O) groups is 1. The molecule has 29 heavy (non-hydrogen) atoms. The van der Waals surface area contributed by atoms with Crippen molar-refractivity contribution in [3.05, 3.63) is 62.5 Å². The number of aromatic nitrogens is 3. The molecule has 0 radical (unpaired) electrons. The first-order valence-corrected chi connectivity index (χ1v) is 10.6. The fourth-order valence-electron chi connectivity index (χ4n) is 2.12. The molecule has 0 spiro atoms. The zero-order valence-corrected chi connectivity index (χ0v) is 18.6. The molecule has 0 aliphatic rings. The lowest BCUT2D eigenvalue weighted by Gasteiger charge is -2.06. The molecule has 1 aromatic heterocycles. The molecule has 0 atom stereocenters. The highest BCUT2D eigenvalue weighted by atomic mass is 79.9. The fraction of sp³-hybridized carbons (Fsp3) is 0.0588. The summed E-state index contributed by atoms with van der Waals surface area (Å²) in [6.07, 6.45) is 1.62. The molecule has 3 aromatic rings. The third-order valence-electron chi connectivity index (χ3n) is 3.39. The van der Waals surface area contributed by atoms with E-state index in [9.17, 15) is 4.79 Å². The Kier molecular flexibility index (Phi) is 7.37. The van der Waals surface area contributed by atoms with E-state index in [2.05, 4.69) is 42.0 Å². The van der Waals surface area contributed by atoms with Crippen LogP contribution in [0.3, 0.4) is 0 Å². The van der Waals surface area contributed by atoms with Crippen molar-refractivity contribution in [1.82, 2.24) is 14.9 Å². The average molecular weight is 515 g/mol. The van der Waals surface area contributed by atoms with Gasteiger partial charge in [-0.1, -0.05) is 63.0 Å². The van der Waals surface area contributed by atoms with E-state index in [-0.39, 0.29) is 17.6 Å². The second-order valence-electron chi connectivity index (χ2n) is 5.59. The fourth-order valence-corrected chi connectivity index (χ4v) is 3.57. The van der Waals surface area contributed by atoms with Crippen molar-refractivity contribution in [2.75, 3.05) is 22.3 Å². The number of nitrogen functional groups attached to an aromatic ring is 1. The second-order valence-corrected chi connectivity index (χ2v) is 8.32. The summed E-state index contributed by atoms with van der Waals surface area (Å²) < 4.78 is 2.20. The molecule has 2 aromatic carbocycles. The molecule has 8 nitrogen and oxygen atoms in total. The number of benzene rings is 2. The number of halogens is 3. The number of rotatable bonds is 7. The summed E-state index contributed by atoms with van der Waals surface area (Å²) in [5.74, 6) is 5.99. The molecular formula is C17H14BrCl2N7OS. The smallest absolute Gasteiger partial charge is 0.264 e. The Morgan fingerprint density at radius 3 is 2.59 bits per heavy atom. The van der Waals surface area contributed by atoms with Gasteiger partial charge in [-0.25, -0.2) is 10.1 Å². The van der Waals surface area contributed by atoms with Crippen LogP contribution in [0.5, 0.6) is 0 Å². The van der Waals surface area contributed by atoms with E-state index in [0.717, 1.165) is 21.8 Å². The van der Waals surface area contributed by atoms with E-state index in [1.807, 2.05) is 24.3 Å². The van der Waals surface area contributed by atoms with Gasteiger partial charge in [-0.3, -0.25) is 4.79 Å². The molecule has 0 bridgehead atoms. The minimum Gasteiger partial charge on any atom is -0.334 e. The molecule has 4 N–H and O–H groups in total. The number of nitrogens with two attached hydrogens (primary N) is 1. The number of carbonyl (C=O) groups excluding carboxylic acids is 1. The molecular weight excluding hydrogens is 501 g/mol. The van der Waals surface area contributed by atoms with Gasteiger partial charge in [-0.05, 0) is 35.9 Å². The van der Waals surface area contributed by atoms with Gasteiger partial charge in [0.15, 0.2) is 0 Å². The van der Waals surface area contributed by atoms with Crippen molar-refractivity contribution in [1.29, 1.82) is 0 Å². The summed E-state index contributed by atoms with van der Waals surface area (Å²) in [4.78, 5) is 12.1. The average Bonchev–Trinajstić information content (AvgIpc) is 3.01. The lowest BCUT2D eigenvalue weighted by atomic mass is 10.2. The Labute approximate surface area is 189 Å². The van der Waals surface area contributed by atoms with Crippen LogP contribution in [0.1, 0.15) is 5.56 Å². The highest BCUT2D eigenvalue weighted by Crippen LogP contribution is 2.23. The maximum atomic E-state index is 12.1. The third kappa shape index (κ3) is 6.36. The topological polar surface area (TPSA) is 110 Å². The van der Waals surface area contributed by atoms with Crippen LogP contribution in [0.4, 0.5) is 11.6 Å². The molecule has 0 saturated heterocycles. The molecule has 1 heterocycles. The summed E-state index contributed by atoms with van der Waals surface area (Å²) in [7, 11) is 0. The zero-order chi connectivity index (χ0) is 20.8. The second kappa shape index (κ2) is 9.97. The van der Waals surface area contributed by atoms with Crippen LogP contribution in [0.25, 0.3) is 0 Å². The lowest BCUT2D eigenvalue weighted by molar-refractivity contribution is -0.113. The zero-order valence-electron chi connectivity index (χ0n) is 14.6. The lowest BCUT2D eigenvalue weighted by Crippen LogP contribution is -2.16. The molecule has 0 aliphatic heterocycles. The normalized spacial score (nSPS) is 11.0. The van der Waals surface area contributed by atoms with Gasteiger partial charge in [0.25, 0.3) is 5.95 Å². The SMILES string of the molecule is Nn1c(N/N=C/c2ccc(Br)cc2)nnc1SCC(=O)Nc1cc(Cl)cc(Cl)c1. The highest BCUT2D eigenvalue weighted by molar-refractivity contribution is 9.10. The molecule has 3 rings (SSSR count). The quantitative estimate of drug-likeness (QED) is 0.188. The van der Waals surface area contributed by atoms with Crippen molar-refractivity contribution in [2.24, 2.45) is 5.10 Å². The van der Waals surface area contributed by atoms with Gasteiger partial charge >= 0.3 is 0 Å². The maximum Gasteiger partial charge on any atom is 0.264 e. The summed E-state index contributed by atoms with van der Waals surface area (Å²) in [5.41, 5.74) is 4.12. The van der Waals surface area contributed by atoms with Crippen molar-refractivity contribution in [2.45, 2.75) is 5.16 Å². The number of hydrogen-bond donors (Lipinski definition) is 3. The third-order valence-corrected chi connectivity index (χ3v) is 5.30. The summed E-state index contributed by atoms with van der Waals surface area (Å²) in [6.45, 7) is 0. The van der Waals surface area contributed by atoms with Crippen LogP contribution >= 0.6 is 50.9 Å². The van der Waals surface area contributed by atoms with E-state index in [4.69, 9.17) is 29.0 Å². The minimum absolute atomic E-state index is 0.0711. The maximum absolute atomic E-state index is 12.1. The van der Waals surface area contributed by atoms with Gasteiger partial charge in [0.1, 0.15) is 0 Å². The Morgan fingerprint density at radius 1 is 1.21 bits per heavy atom. The number of thioether (sulfide) groups is 1. The minimum atomic E-state index is -0.265. The van der Waals surface area contributed by atoms with Gasteiger partial charge in [-0.15, -0.1) is 10.2 Å². The van der Waals surface area contributed by atoms with Crippen LogP contribution in [-0.2, 0) is 4.79 Å². The molecule has 0 aliphatic carbocycles. The van der Waals surface area contributed by atoms with Crippen LogP contribution in [0.2, 0.25) is 10.0 Å². The monoisotopic (exact) mass is 513 g/mol. The molecule has 0 fully saturated rings. The molecule has 12 heteroatoms. The van der Waals surface area contributed by atoms with Gasteiger partial charge in [0.2, 0.25) is 11.1 Å². The van der Waals surface area contributed by atoms with Crippen LogP contribution in [0, 0.1) is 0 Å².